The summed E-state index contributed by atoms with van der Waals surface area (Å²) in [5.41, 5.74) is 7.97. The van der Waals surface area contributed by atoms with Crippen LogP contribution in [-0.4, -0.2) is 49.6 Å². The van der Waals surface area contributed by atoms with Crippen LogP contribution in [0.2, 0.25) is 0 Å². The molecule has 1 aromatic carbocycles. The maximum Gasteiger partial charge on any atom is 0.128 e. The molecule has 0 bridgehead atoms. The van der Waals surface area contributed by atoms with Crippen LogP contribution in [0.25, 0.3) is 0 Å². The maximum atomic E-state index is 14.2. The lowest BCUT2D eigenvalue weighted by atomic mass is 9.75. The van der Waals surface area contributed by atoms with Crippen LogP contribution in [0.5, 0.6) is 0 Å². The van der Waals surface area contributed by atoms with E-state index >= 15 is 0 Å². The zero-order valence-electron chi connectivity index (χ0n) is 13.7. The van der Waals surface area contributed by atoms with Crippen molar-refractivity contribution in [3.05, 3.63) is 35.1 Å². The molecule has 2 rings (SSSR count). The van der Waals surface area contributed by atoms with Crippen molar-refractivity contribution in [3.8, 4) is 0 Å². The average Bonchev–Trinajstić information content (AvgIpc) is 2.38. The van der Waals surface area contributed by atoms with Gasteiger partial charge in [0.15, 0.2) is 0 Å². The zero-order valence-corrected chi connectivity index (χ0v) is 13.7. The van der Waals surface area contributed by atoms with E-state index in [1.54, 1.807) is 12.1 Å². The van der Waals surface area contributed by atoms with Crippen molar-refractivity contribution >= 4 is 0 Å². The molecule has 3 nitrogen and oxygen atoms in total. The normalized spacial score (nSPS) is 18.9. The minimum atomic E-state index is -0.157. The van der Waals surface area contributed by atoms with E-state index in [0.717, 1.165) is 12.1 Å². The standard InChI is InChI=1S/C17H28FN3/c1-13-6-7-15(18)14(10-13)16(11-19)21(4)12-17(20(2)3)8-5-9-17/h6-7,10,16H,5,8-9,11-12,19H2,1-4H3. The number of hydrogen-bond donors (Lipinski definition) is 1. The van der Waals surface area contributed by atoms with Gasteiger partial charge in [-0.3, -0.25) is 4.90 Å². The van der Waals surface area contributed by atoms with Gasteiger partial charge in [-0.1, -0.05) is 17.7 Å². The zero-order chi connectivity index (χ0) is 15.6. The van der Waals surface area contributed by atoms with Crippen LogP contribution in [0.15, 0.2) is 18.2 Å². The predicted octanol–water partition coefficient (Wildman–Crippen LogP) is 2.55. The fourth-order valence-corrected chi connectivity index (χ4v) is 3.37. The summed E-state index contributed by atoms with van der Waals surface area (Å²) in [6.45, 7) is 3.35. The number of benzene rings is 1. The third-order valence-electron chi connectivity index (χ3n) is 5.04. The molecule has 1 atom stereocenters. The minimum absolute atomic E-state index is 0.0673. The summed E-state index contributed by atoms with van der Waals surface area (Å²) in [7, 11) is 6.33. The predicted molar refractivity (Wildman–Crippen MR) is 85.8 cm³/mol. The molecule has 0 amide bonds. The molecule has 1 fully saturated rings. The van der Waals surface area contributed by atoms with Gasteiger partial charge in [0.05, 0.1) is 0 Å². The Labute approximate surface area is 127 Å². The fraction of sp³-hybridized carbons (Fsp3) is 0.647. The molecule has 0 saturated heterocycles. The summed E-state index contributed by atoms with van der Waals surface area (Å²) in [5.74, 6) is -0.157. The van der Waals surface area contributed by atoms with Crippen molar-refractivity contribution in [1.29, 1.82) is 0 Å². The van der Waals surface area contributed by atoms with Crippen LogP contribution < -0.4 is 5.73 Å². The van der Waals surface area contributed by atoms with Gasteiger partial charge in [0.1, 0.15) is 5.82 Å². The lowest BCUT2D eigenvalue weighted by molar-refractivity contribution is 0.0164. The lowest BCUT2D eigenvalue weighted by Crippen LogP contribution is -2.57. The first-order valence-electron chi connectivity index (χ1n) is 7.73. The van der Waals surface area contributed by atoms with Gasteiger partial charge in [0.2, 0.25) is 0 Å². The molecule has 21 heavy (non-hydrogen) atoms. The summed E-state index contributed by atoms with van der Waals surface area (Å²) in [6, 6.07) is 5.21. The molecule has 118 valence electrons. The Morgan fingerprint density at radius 3 is 2.43 bits per heavy atom. The molecule has 4 heteroatoms. The number of aryl methyl sites for hydroxylation is 1. The fourth-order valence-electron chi connectivity index (χ4n) is 3.37. The Bertz CT molecular complexity index is 483. The number of halogens is 1. The summed E-state index contributed by atoms with van der Waals surface area (Å²) < 4.78 is 14.2. The second-order valence-corrected chi connectivity index (χ2v) is 6.66. The van der Waals surface area contributed by atoms with E-state index in [4.69, 9.17) is 5.73 Å². The summed E-state index contributed by atoms with van der Waals surface area (Å²) in [5, 5.41) is 0. The molecule has 1 saturated carbocycles. The van der Waals surface area contributed by atoms with Gasteiger partial charge in [-0.2, -0.15) is 0 Å². The molecule has 1 aromatic rings. The Morgan fingerprint density at radius 1 is 1.29 bits per heavy atom. The van der Waals surface area contributed by atoms with Crippen LogP contribution >= 0.6 is 0 Å². The van der Waals surface area contributed by atoms with Crippen molar-refractivity contribution in [1.82, 2.24) is 9.80 Å². The Morgan fingerprint density at radius 2 is 1.95 bits per heavy atom. The van der Waals surface area contributed by atoms with Gasteiger partial charge in [-0.25, -0.2) is 4.39 Å². The van der Waals surface area contributed by atoms with E-state index in [1.165, 1.54) is 19.3 Å². The highest BCUT2D eigenvalue weighted by Gasteiger charge is 2.41. The number of hydrogen-bond acceptors (Lipinski definition) is 3. The van der Waals surface area contributed by atoms with Gasteiger partial charge >= 0.3 is 0 Å². The van der Waals surface area contributed by atoms with Crippen molar-refractivity contribution in [2.24, 2.45) is 5.73 Å². The first-order chi connectivity index (χ1) is 9.89. The van der Waals surface area contributed by atoms with Crippen LogP contribution in [0.1, 0.15) is 36.4 Å². The molecular weight excluding hydrogens is 265 g/mol. The summed E-state index contributed by atoms with van der Waals surface area (Å²) in [6.07, 6.45) is 3.69. The van der Waals surface area contributed by atoms with Crippen molar-refractivity contribution < 1.29 is 4.39 Å². The Hall–Kier alpha value is -0.970. The van der Waals surface area contributed by atoms with Gasteiger partial charge in [0, 0.05) is 30.2 Å². The first-order valence-corrected chi connectivity index (χ1v) is 7.73. The number of nitrogens with zero attached hydrogens (tertiary/aromatic N) is 2. The van der Waals surface area contributed by atoms with E-state index in [1.807, 2.05) is 13.0 Å². The molecule has 0 heterocycles. The van der Waals surface area contributed by atoms with Crippen LogP contribution in [0.3, 0.4) is 0 Å². The van der Waals surface area contributed by atoms with Crippen LogP contribution in [-0.2, 0) is 0 Å². The van der Waals surface area contributed by atoms with Crippen LogP contribution in [0.4, 0.5) is 4.39 Å². The minimum Gasteiger partial charge on any atom is -0.329 e. The quantitative estimate of drug-likeness (QED) is 0.875. The Kier molecular flexibility index (Phi) is 5.02. The molecule has 1 aliphatic rings. The third-order valence-corrected chi connectivity index (χ3v) is 5.04. The van der Waals surface area contributed by atoms with E-state index in [0.29, 0.717) is 12.1 Å². The highest BCUT2D eigenvalue weighted by molar-refractivity contribution is 5.27. The van der Waals surface area contributed by atoms with E-state index in [2.05, 4.69) is 30.9 Å². The van der Waals surface area contributed by atoms with E-state index in [-0.39, 0.29) is 17.4 Å². The second-order valence-electron chi connectivity index (χ2n) is 6.66. The van der Waals surface area contributed by atoms with Gasteiger partial charge < -0.3 is 10.6 Å². The van der Waals surface area contributed by atoms with E-state index in [9.17, 15) is 4.39 Å². The Balaban J connectivity index is 2.19. The van der Waals surface area contributed by atoms with Gasteiger partial charge in [0.25, 0.3) is 0 Å². The lowest BCUT2D eigenvalue weighted by Gasteiger charge is -2.50. The highest BCUT2D eigenvalue weighted by atomic mass is 19.1. The van der Waals surface area contributed by atoms with Crippen molar-refractivity contribution in [3.63, 3.8) is 0 Å². The topological polar surface area (TPSA) is 32.5 Å². The summed E-state index contributed by atoms with van der Waals surface area (Å²) >= 11 is 0. The van der Waals surface area contributed by atoms with Gasteiger partial charge in [-0.05, 0) is 53.4 Å². The number of rotatable bonds is 6. The largest absolute Gasteiger partial charge is 0.329 e. The number of nitrogens with two attached hydrogens (primary N) is 1. The van der Waals surface area contributed by atoms with Crippen LogP contribution in [0, 0.1) is 12.7 Å². The third kappa shape index (κ3) is 3.28. The molecule has 1 aliphatic carbocycles. The summed E-state index contributed by atoms with van der Waals surface area (Å²) in [4.78, 5) is 4.53. The molecule has 1 unspecified atom stereocenters. The molecule has 0 aliphatic heterocycles. The highest BCUT2D eigenvalue weighted by Crippen LogP contribution is 2.38. The molecule has 0 aromatic heterocycles. The molecular formula is C17H28FN3. The van der Waals surface area contributed by atoms with Crippen molar-refractivity contribution in [2.75, 3.05) is 34.2 Å². The second kappa shape index (κ2) is 6.42. The van der Waals surface area contributed by atoms with E-state index < -0.39 is 0 Å². The van der Waals surface area contributed by atoms with Gasteiger partial charge in [-0.15, -0.1) is 0 Å². The molecule has 0 radical (unpaired) electrons. The monoisotopic (exact) mass is 293 g/mol. The van der Waals surface area contributed by atoms with Crippen molar-refractivity contribution in [2.45, 2.75) is 37.8 Å². The maximum absolute atomic E-state index is 14.2. The smallest absolute Gasteiger partial charge is 0.128 e. The first kappa shape index (κ1) is 16.4. The molecule has 2 N–H and O–H groups in total. The molecule has 0 spiro atoms. The number of likely N-dealkylation sites (N-methyl/N-ethyl adjacent to an activating group) is 2. The average molecular weight is 293 g/mol. The SMILES string of the molecule is Cc1ccc(F)c(C(CN)N(C)CC2(N(C)C)CCC2)c1.